The molecule has 1 aromatic carbocycles. The maximum atomic E-state index is 15.0. The van der Waals surface area contributed by atoms with E-state index < -0.39 is 11.6 Å². The lowest BCUT2D eigenvalue weighted by Crippen LogP contribution is -2.51. The Labute approximate surface area is 225 Å². The van der Waals surface area contributed by atoms with Gasteiger partial charge in [-0.1, -0.05) is 6.07 Å². The SMILES string of the molecule is Cc1nc2c(F)cc(-c3nc(Nc4ccc(CN5CCOC6(CCOC6)C5)cn4)ncc3F)cc2n1C(C)C. The topological polar surface area (TPSA) is 90.2 Å². The van der Waals surface area contributed by atoms with Crippen molar-refractivity contribution in [2.75, 3.05) is 38.2 Å². The number of rotatable bonds is 6. The number of anilines is 2. The van der Waals surface area contributed by atoms with Gasteiger partial charge in [0, 0.05) is 50.5 Å². The number of benzene rings is 1. The van der Waals surface area contributed by atoms with Crippen LogP contribution in [0.25, 0.3) is 22.3 Å². The van der Waals surface area contributed by atoms with Crippen molar-refractivity contribution in [1.29, 1.82) is 0 Å². The van der Waals surface area contributed by atoms with E-state index in [9.17, 15) is 8.78 Å². The Morgan fingerprint density at radius 2 is 1.95 bits per heavy atom. The van der Waals surface area contributed by atoms with E-state index in [-0.39, 0.29) is 28.8 Å². The first kappa shape index (κ1) is 25.7. The van der Waals surface area contributed by atoms with E-state index in [0.717, 1.165) is 44.4 Å². The molecule has 5 heterocycles. The number of nitrogens with zero attached hydrogens (tertiary/aromatic N) is 6. The molecule has 2 saturated heterocycles. The van der Waals surface area contributed by atoms with Crippen molar-refractivity contribution < 1.29 is 18.3 Å². The van der Waals surface area contributed by atoms with Crippen LogP contribution in [0.15, 0.2) is 36.7 Å². The van der Waals surface area contributed by atoms with E-state index in [2.05, 4.69) is 30.2 Å². The van der Waals surface area contributed by atoms with Gasteiger partial charge in [0.25, 0.3) is 0 Å². The smallest absolute Gasteiger partial charge is 0.229 e. The predicted octanol–water partition coefficient (Wildman–Crippen LogP) is 4.79. The van der Waals surface area contributed by atoms with Crippen molar-refractivity contribution in [2.45, 2.75) is 45.4 Å². The monoisotopic (exact) mass is 535 g/mol. The number of hydrogen-bond donors (Lipinski definition) is 1. The molecule has 2 aliphatic rings. The van der Waals surface area contributed by atoms with Gasteiger partial charge in [0.1, 0.15) is 28.5 Å². The molecule has 1 atom stereocenters. The zero-order valence-corrected chi connectivity index (χ0v) is 22.2. The molecule has 6 rings (SSSR count). The van der Waals surface area contributed by atoms with Gasteiger partial charge in [-0.25, -0.2) is 28.7 Å². The van der Waals surface area contributed by atoms with Gasteiger partial charge in [0.15, 0.2) is 11.6 Å². The quantitative estimate of drug-likeness (QED) is 0.377. The molecule has 1 N–H and O–H groups in total. The van der Waals surface area contributed by atoms with Crippen LogP contribution in [0.2, 0.25) is 0 Å². The Kier molecular flexibility index (Phi) is 6.74. The second-order valence-corrected chi connectivity index (χ2v) is 10.6. The standard InChI is InChI=1S/C28H31F2N7O2/c1-17(2)37-18(3)33-26-21(29)10-20(11-23(26)37)25-22(30)13-32-27(35-25)34-24-5-4-19(12-31-24)14-36-7-9-39-28(15-36)6-8-38-16-28/h4-5,10-13,17H,6-9,14-16H2,1-3H3,(H,31,32,34,35). The molecule has 2 fully saturated rings. The molecule has 0 aliphatic carbocycles. The van der Waals surface area contributed by atoms with Crippen molar-refractivity contribution in [3.63, 3.8) is 0 Å². The Morgan fingerprint density at radius 3 is 2.69 bits per heavy atom. The minimum Gasteiger partial charge on any atom is -0.378 e. The number of halogens is 2. The lowest BCUT2D eigenvalue weighted by molar-refractivity contribution is -0.111. The first-order valence-electron chi connectivity index (χ1n) is 13.2. The van der Waals surface area contributed by atoms with Crippen molar-refractivity contribution in [2.24, 2.45) is 0 Å². The van der Waals surface area contributed by atoms with Crippen LogP contribution >= 0.6 is 0 Å². The van der Waals surface area contributed by atoms with Gasteiger partial charge in [-0.05, 0) is 44.5 Å². The average molecular weight is 536 g/mol. The lowest BCUT2D eigenvalue weighted by atomic mass is 10.0. The molecule has 11 heteroatoms. The highest BCUT2D eigenvalue weighted by atomic mass is 19.1. The van der Waals surface area contributed by atoms with Gasteiger partial charge >= 0.3 is 0 Å². The fraction of sp³-hybridized carbons (Fsp3) is 0.429. The Hall–Kier alpha value is -3.54. The number of nitrogens with one attached hydrogen (secondary N) is 1. The van der Waals surface area contributed by atoms with Crippen LogP contribution in [0.3, 0.4) is 0 Å². The van der Waals surface area contributed by atoms with E-state index in [1.165, 1.54) is 6.07 Å². The Bertz CT molecular complexity index is 1500. The summed E-state index contributed by atoms with van der Waals surface area (Å²) < 4.78 is 43.3. The van der Waals surface area contributed by atoms with Gasteiger partial charge in [0.2, 0.25) is 5.95 Å². The molecule has 0 radical (unpaired) electrons. The summed E-state index contributed by atoms with van der Waals surface area (Å²) >= 11 is 0. The normalized spacial score (nSPS) is 19.9. The summed E-state index contributed by atoms with van der Waals surface area (Å²) in [7, 11) is 0. The van der Waals surface area contributed by atoms with Gasteiger partial charge in [-0.15, -0.1) is 0 Å². The summed E-state index contributed by atoms with van der Waals surface area (Å²) in [5.74, 6) is 0.204. The highest BCUT2D eigenvalue weighted by molar-refractivity contribution is 5.83. The van der Waals surface area contributed by atoms with Crippen LogP contribution in [0.4, 0.5) is 20.5 Å². The van der Waals surface area contributed by atoms with Crippen LogP contribution in [-0.4, -0.2) is 67.9 Å². The van der Waals surface area contributed by atoms with Crippen molar-refractivity contribution in [1.82, 2.24) is 29.4 Å². The van der Waals surface area contributed by atoms with Crippen LogP contribution in [0.1, 0.15) is 37.7 Å². The fourth-order valence-electron chi connectivity index (χ4n) is 5.54. The summed E-state index contributed by atoms with van der Waals surface area (Å²) in [6, 6.07) is 6.87. The molecule has 1 unspecified atom stereocenters. The highest BCUT2D eigenvalue weighted by Crippen LogP contribution is 2.31. The van der Waals surface area contributed by atoms with Crippen molar-refractivity contribution in [3.05, 3.63) is 59.7 Å². The van der Waals surface area contributed by atoms with E-state index >= 15 is 0 Å². The third-order valence-electron chi connectivity index (χ3n) is 7.32. The number of aryl methyl sites for hydroxylation is 1. The van der Waals surface area contributed by atoms with Gasteiger partial charge in [-0.3, -0.25) is 4.90 Å². The minimum absolute atomic E-state index is 0.00350. The fourth-order valence-corrected chi connectivity index (χ4v) is 5.54. The zero-order valence-electron chi connectivity index (χ0n) is 22.2. The average Bonchev–Trinajstić information content (AvgIpc) is 3.50. The molecular formula is C28H31F2N7O2. The van der Waals surface area contributed by atoms with Crippen molar-refractivity contribution >= 4 is 22.8 Å². The Balaban J connectivity index is 1.20. The third kappa shape index (κ3) is 5.09. The second kappa shape index (κ2) is 10.2. The van der Waals surface area contributed by atoms with Crippen molar-refractivity contribution in [3.8, 4) is 11.3 Å². The minimum atomic E-state index is -0.647. The van der Waals surface area contributed by atoms with E-state index in [4.69, 9.17) is 9.47 Å². The van der Waals surface area contributed by atoms with Crippen LogP contribution in [0.5, 0.6) is 0 Å². The number of hydrogen-bond acceptors (Lipinski definition) is 8. The van der Waals surface area contributed by atoms with Crippen LogP contribution in [0, 0.1) is 18.6 Å². The molecule has 4 aromatic rings. The van der Waals surface area contributed by atoms with Crippen LogP contribution < -0.4 is 5.32 Å². The number of imidazole rings is 1. The first-order valence-corrected chi connectivity index (χ1v) is 13.2. The third-order valence-corrected chi connectivity index (χ3v) is 7.32. The van der Waals surface area contributed by atoms with E-state index in [1.807, 2.05) is 37.5 Å². The summed E-state index contributed by atoms with van der Waals surface area (Å²) in [4.78, 5) is 19.6. The molecular weight excluding hydrogens is 504 g/mol. The largest absolute Gasteiger partial charge is 0.378 e. The molecule has 204 valence electrons. The summed E-state index contributed by atoms with van der Waals surface area (Å²) in [6.45, 7) is 10.3. The van der Waals surface area contributed by atoms with Crippen LogP contribution in [-0.2, 0) is 16.0 Å². The highest BCUT2D eigenvalue weighted by Gasteiger charge is 2.40. The molecule has 3 aromatic heterocycles. The molecule has 2 aliphatic heterocycles. The second-order valence-electron chi connectivity index (χ2n) is 10.6. The maximum absolute atomic E-state index is 15.0. The van der Waals surface area contributed by atoms with Gasteiger partial charge in [-0.2, -0.15) is 0 Å². The number of aromatic nitrogens is 5. The molecule has 0 amide bonds. The molecule has 9 nitrogen and oxygen atoms in total. The summed E-state index contributed by atoms with van der Waals surface area (Å²) in [6.07, 6.45) is 3.80. The number of morpholine rings is 1. The number of pyridine rings is 1. The first-order chi connectivity index (χ1) is 18.8. The van der Waals surface area contributed by atoms with Gasteiger partial charge < -0.3 is 19.4 Å². The number of ether oxygens (including phenoxy) is 2. The lowest BCUT2D eigenvalue weighted by Gasteiger charge is -2.39. The summed E-state index contributed by atoms with van der Waals surface area (Å²) in [5, 5.41) is 3.04. The van der Waals surface area contributed by atoms with E-state index in [0.29, 0.717) is 35.9 Å². The molecule has 1 spiro atoms. The Morgan fingerprint density at radius 1 is 1.08 bits per heavy atom. The van der Waals surface area contributed by atoms with Gasteiger partial charge in [0.05, 0.1) is 24.9 Å². The predicted molar refractivity (Wildman–Crippen MR) is 143 cm³/mol. The van der Waals surface area contributed by atoms with E-state index in [1.54, 1.807) is 12.3 Å². The number of fused-ring (bicyclic) bond motifs is 1. The summed E-state index contributed by atoms with van der Waals surface area (Å²) in [5.41, 5.74) is 2.03. The molecule has 0 bridgehead atoms. The molecule has 0 saturated carbocycles. The molecule has 39 heavy (non-hydrogen) atoms. The zero-order chi connectivity index (χ0) is 27.1. The maximum Gasteiger partial charge on any atom is 0.229 e.